The zero-order valence-corrected chi connectivity index (χ0v) is 12.9. The lowest BCUT2D eigenvalue weighted by atomic mass is 9.87. The molecule has 0 radical (unpaired) electrons. The smallest absolute Gasteiger partial charge is 0.156 e. The molecule has 0 spiro atoms. The number of hydrogen-bond donors (Lipinski definition) is 1. The highest BCUT2D eigenvalue weighted by Gasteiger charge is 2.17. The van der Waals surface area contributed by atoms with Crippen molar-refractivity contribution in [1.82, 2.24) is 0 Å². The van der Waals surface area contributed by atoms with E-state index >= 15 is 0 Å². The van der Waals surface area contributed by atoms with E-state index in [2.05, 4.69) is 56.6 Å². The van der Waals surface area contributed by atoms with E-state index in [4.69, 9.17) is 10.5 Å². The molecule has 1 rings (SSSR count). The fourth-order valence-electron chi connectivity index (χ4n) is 1.45. The monoisotopic (exact) mass is 299 g/mol. The zero-order valence-electron chi connectivity index (χ0n) is 11.3. The molecule has 0 saturated heterocycles. The van der Waals surface area contributed by atoms with Gasteiger partial charge >= 0.3 is 0 Å². The Morgan fingerprint density at radius 2 is 1.88 bits per heavy atom. The van der Waals surface area contributed by atoms with Crippen LogP contribution in [0.1, 0.15) is 40.2 Å². The van der Waals surface area contributed by atoms with Crippen LogP contribution in [-0.2, 0) is 5.41 Å². The van der Waals surface area contributed by atoms with Crippen LogP contribution in [0.5, 0.6) is 5.75 Å². The third kappa shape index (κ3) is 3.91. The van der Waals surface area contributed by atoms with Crippen molar-refractivity contribution >= 4 is 21.6 Å². The lowest BCUT2D eigenvalue weighted by molar-refractivity contribution is 0.271. The molecular formula is C14H22BrNO. The molecule has 17 heavy (non-hydrogen) atoms. The van der Waals surface area contributed by atoms with Crippen LogP contribution in [0.2, 0.25) is 0 Å². The molecule has 2 nitrogen and oxygen atoms in total. The average molecular weight is 300 g/mol. The quantitative estimate of drug-likeness (QED) is 0.842. The number of nitrogens with two attached hydrogens (primary N) is 1. The van der Waals surface area contributed by atoms with Gasteiger partial charge in [-0.15, -0.1) is 0 Å². The Morgan fingerprint density at radius 3 is 2.29 bits per heavy atom. The normalized spacial score (nSPS) is 11.9. The Bertz CT molecular complexity index is 371. The molecule has 0 aromatic heterocycles. The van der Waals surface area contributed by atoms with Gasteiger partial charge in [-0.05, 0) is 45.0 Å². The first kappa shape index (κ1) is 14.4. The van der Waals surface area contributed by atoms with Crippen LogP contribution in [0.3, 0.4) is 0 Å². The predicted octanol–water partition coefficient (Wildman–Crippen LogP) is 4.36. The van der Waals surface area contributed by atoms with Crippen LogP contribution in [-0.4, -0.2) is 6.61 Å². The molecule has 0 atom stereocenters. The number of hydrogen-bond acceptors (Lipinski definition) is 2. The minimum absolute atomic E-state index is 0.0905. The molecule has 0 heterocycles. The summed E-state index contributed by atoms with van der Waals surface area (Å²) in [5.41, 5.74) is 8.05. The van der Waals surface area contributed by atoms with Crippen LogP contribution < -0.4 is 10.5 Å². The summed E-state index contributed by atoms with van der Waals surface area (Å²) in [6.45, 7) is 11.4. The summed E-state index contributed by atoms with van der Waals surface area (Å²) < 4.78 is 6.66. The van der Waals surface area contributed by atoms with Gasteiger partial charge in [0.25, 0.3) is 0 Å². The van der Waals surface area contributed by atoms with Crippen molar-refractivity contribution in [3.8, 4) is 5.75 Å². The number of benzene rings is 1. The van der Waals surface area contributed by atoms with Crippen molar-refractivity contribution in [3.05, 3.63) is 22.2 Å². The van der Waals surface area contributed by atoms with E-state index in [1.54, 1.807) is 0 Å². The molecule has 0 bridgehead atoms. The van der Waals surface area contributed by atoms with Gasteiger partial charge in [0.2, 0.25) is 0 Å². The summed E-state index contributed by atoms with van der Waals surface area (Å²) in [6.07, 6.45) is 0. The molecule has 0 aliphatic carbocycles. The second-order valence-corrected chi connectivity index (χ2v) is 6.69. The van der Waals surface area contributed by atoms with Crippen LogP contribution in [0.15, 0.2) is 16.6 Å². The Labute approximate surface area is 113 Å². The van der Waals surface area contributed by atoms with E-state index < -0.39 is 0 Å². The highest BCUT2D eigenvalue weighted by atomic mass is 79.9. The first-order valence-corrected chi connectivity index (χ1v) is 6.73. The summed E-state index contributed by atoms with van der Waals surface area (Å²) in [5.74, 6) is 1.25. The lowest BCUT2D eigenvalue weighted by Crippen LogP contribution is -2.13. The second-order valence-electron chi connectivity index (χ2n) is 5.83. The van der Waals surface area contributed by atoms with Gasteiger partial charge in [-0.25, -0.2) is 0 Å². The number of halogens is 1. The fraction of sp³-hybridized carbons (Fsp3) is 0.571. The Morgan fingerprint density at radius 1 is 1.29 bits per heavy atom. The maximum absolute atomic E-state index is 6.05. The molecule has 0 aliphatic rings. The molecule has 2 N–H and O–H groups in total. The first-order valence-electron chi connectivity index (χ1n) is 5.94. The third-order valence-corrected chi connectivity index (χ3v) is 3.09. The van der Waals surface area contributed by atoms with E-state index in [0.29, 0.717) is 18.2 Å². The fourth-order valence-corrected chi connectivity index (χ4v) is 2.04. The van der Waals surface area contributed by atoms with E-state index in [0.717, 1.165) is 10.2 Å². The van der Waals surface area contributed by atoms with Gasteiger partial charge in [-0.1, -0.05) is 34.6 Å². The van der Waals surface area contributed by atoms with Gasteiger partial charge in [-0.3, -0.25) is 0 Å². The van der Waals surface area contributed by atoms with Crippen LogP contribution in [0.4, 0.5) is 5.69 Å². The molecule has 0 amide bonds. The average Bonchev–Trinajstić information content (AvgIpc) is 2.14. The van der Waals surface area contributed by atoms with Crippen molar-refractivity contribution < 1.29 is 4.74 Å². The molecule has 0 unspecified atom stereocenters. The molecule has 0 saturated carbocycles. The number of rotatable bonds is 3. The predicted molar refractivity (Wildman–Crippen MR) is 77.6 cm³/mol. The van der Waals surface area contributed by atoms with Gasteiger partial charge < -0.3 is 10.5 Å². The summed E-state index contributed by atoms with van der Waals surface area (Å²) in [4.78, 5) is 0. The van der Waals surface area contributed by atoms with Crippen molar-refractivity contribution in [3.63, 3.8) is 0 Å². The minimum atomic E-state index is 0.0905. The molecule has 3 heteroatoms. The zero-order chi connectivity index (χ0) is 13.2. The highest BCUT2D eigenvalue weighted by molar-refractivity contribution is 9.10. The molecule has 1 aromatic rings. The SMILES string of the molecule is CC(C)COc1c(N)cc(C(C)(C)C)cc1Br. The van der Waals surface area contributed by atoms with Gasteiger partial charge in [0, 0.05) is 0 Å². The third-order valence-electron chi connectivity index (χ3n) is 2.50. The number of ether oxygens (including phenoxy) is 1. The minimum Gasteiger partial charge on any atom is -0.490 e. The van der Waals surface area contributed by atoms with E-state index in [9.17, 15) is 0 Å². The van der Waals surface area contributed by atoms with Gasteiger partial charge in [0.05, 0.1) is 16.8 Å². The van der Waals surface area contributed by atoms with Gasteiger partial charge in [0.1, 0.15) is 0 Å². The van der Waals surface area contributed by atoms with Crippen LogP contribution in [0.25, 0.3) is 0 Å². The van der Waals surface area contributed by atoms with E-state index in [1.165, 1.54) is 5.56 Å². The number of nitrogen functional groups attached to an aromatic ring is 1. The molecule has 96 valence electrons. The molecule has 0 fully saturated rings. The first-order chi connectivity index (χ1) is 7.71. The maximum atomic E-state index is 6.05. The molecular weight excluding hydrogens is 278 g/mol. The Hall–Kier alpha value is -0.700. The highest BCUT2D eigenvalue weighted by Crippen LogP contribution is 2.36. The Balaban J connectivity index is 3.03. The van der Waals surface area contributed by atoms with Crippen molar-refractivity contribution in [2.24, 2.45) is 5.92 Å². The molecule has 1 aromatic carbocycles. The van der Waals surface area contributed by atoms with Crippen LogP contribution in [0, 0.1) is 5.92 Å². The topological polar surface area (TPSA) is 35.2 Å². The van der Waals surface area contributed by atoms with E-state index in [-0.39, 0.29) is 5.41 Å². The Kier molecular flexibility index (Phi) is 4.48. The van der Waals surface area contributed by atoms with Gasteiger partial charge in [-0.2, -0.15) is 0 Å². The summed E-state index contributed by atoms with van der Waals surface area (Å²) in [6, 6.07) is 4.09. The molecule has 0 aliphatic heterocycles. The summed E-state index contributed by atoms with van der Waals surface area (Å²) in [7, 11) is 0. The van der Waals surface area contributed by atoms with E-state index in [1.807, 2.05) is 6.07 Å². The second kappa shape index (κ2) is 5.30. The largest absolute Gasteiger partial charge is 0.490 e. The summed E-state index contributed by atoms with van der Waals surface area (Å²) >= 11 is 3.54. The van der Waals surface area contributed by atoms with Crippen molar-refractivity contribution in [2.45, 2.75) is 40.0 Å². The van der Waals surface area contributed by atoms with Crippen LogP contribution >= 0.6 is 15.9 Å². The number of anilines is 1. The van der Waals surface area contributed by atoms with Gasteiger partial charge in [0.15, 0.2) is 5.75 Å². The van der Waals surface area contributed by atoms with Crippen molar-refractivity contribution in [1.29, 1.82) is 0 Å². The summed E-state index contributed by atoms with van der Waals surface area (Å²) in [5, 5.41) is 0. The lowest BCUT2D eigenvalue weighted by Gasteiger charge is -2.22. The van der Waals surface area contributed by atoms with Crippen molar-refractivity contribution in [2.75, 3.05) is 12.3 Å². The maximum Gasteiger partial charge on any atom is 0.156 e. The standard InChI is InChI=1S/C14H22BrNO/c1-9(2)8-17-13-11(15)6-10(7-12(13)16)14(3,4)5/h6-7,9H,8,16H2,1-5H3.